The summed E-state index contributed by atoms with van der Waals surface area (Å²) in [5.74, 6) is -0.0541. The molecule has 0 unspecified atom stereocenters. The van der Waals surface area contributed by atoms with Gasteiger partial charge in [0.1, 0.15) is 0 Å². The lowest BCUT2D eigenvalue weighted by molar-refractivity contribution is -0.115. The van der Waals surface area contributed by atoms with Crippen LogP contribution in [0, 0.1) is 6.92 Å². The van der Waals surface area contributed by atoms with Gasteiger partial charge in [0.05, 0.1) is 5.25 Å². The van der Waals surface area contributed by atoms with Crippen LogP contribution in [0.2, 0.25) is 0 Å². The van der Waals surface area contributed by atoms with Gasteiger partial charge in [0.15, 0.2) is 10.8 Å². The number of aryl methyl sites for hydroxylation is 1. The van der Waals surface area contributed by atoms with Gasteiger partial charge in [0, 0.05) is 11.9 Å². The molecule has 0 aliphatic heterocycles. The minimum absolute atomic E-state index is 0.0541. The van der Waals surface area contributed by atoms with E-state index in [0.717, 1.165) is 16.9 Å². The van der Waals surface area contributed by atoms with Crippen molar-refractivity contribution in [1.82, 2.24) is 14.6 Å². The number of nitrogens with zero attached hydrogens (tertiary/aromatic N) is 3. The van der Waals surface area contributed by atoms with Crippen molar-refractivity contribution in [3.8, 4) is 0 Å². The lowest BCUT2D eigenvalue weighted by Crippen LogP contribution is -2.22. The summed E-state index contributed by atoms with van der Waals surface area (Å²) in [6.45, 7) is 3.87. The van der Waals surface area contributed by atoms with Crippen LogP contribution in [0.25, 0.3) is 5.65 Å². The van der Waals surface area contributed by atoms with Gasteiger partial charge in [-0.15, -0.1) is 10.2 Å². The Labute approximate surface area is 132 Å². The Morgan fingerprint density at radius 3 is 2.73 bits per heavy atom. The Morgan fingerprint density at radius 1 is 1.18 bits per heavy atom. The predicted octanol–water partition coefficient (Wildman–Crippen LogP) is 3.16. The van der Waals surface area contributed by atoms with E-state index in [9.17, 15) is 4.79 Å². The number of hydrogen-bond acceptors (Lipinski definition) is 4. The van der Waals surface area contributed by atoms with E-state index in [0.29, 0.717) is 5.16 Å². The molecule has 0 fully saturated rings. The number of anilines is 1. The first-order valence-electron chi connectivity index (χ1n) is 6.97. The summed E-state index contributed by atoms with van der Waals surface area (Å²) in [7, 11) is 0. The number of amides is 1. The summed E-state index contributed by atoms with van der Waals surface area (Å²) in [4.78, 5) is 12.3. The van der Waals surface area contributed by atoms with Gasteiger partial charge in [-0.1, -0.05) is 35.5 Å². The molecule has 3 aromatic rings. The van der Waals surface area contributed by atoms with E-state index in [1.54, 1.807) is 0 Å². The zero-order valence-electron chi connectivity index (χ0n) is 12.4. The number of carbonyl (C=O) groups excluding carboxylic acids is 1. The van der Waals surface area contributed by atoms with Crippen LogP contribution in [0.4, 0.5) is 5.69 Å². The smallest absolute Gasteiger partial charge is 0.237 e. The van der Waals surface area contributed by atoms with Crippen LogP contribution in [0.3, 0.4) is 0 Å². The van der Waals surface area contributed by atoms with E-state index in [2.05, 4.69) is 15.5 Å². The second-order valence-corrected chi connectivity index (χ2v) is 6.33. The second kappa shape index (κ2) is 6.19. The van der Waals surface area contributed by atoms with Crippen LogP contribution in [-0.2, 0) is 4.79 Å². The molecular weight excluding hydrogens is 296 g/mol. The zero-order valence-corrected chi connectivity index (χ0v) is 13.2. The van der Waals surface area contributed by atoms with Gasteiger partial charge >= 0.3 is 0 Å². The number of rotatable bonds is 4. The van der Waals surface area contributed by atoms with Crippen LogP contribution in [0.15, 0.2) is 53.8 Å². The number of pyridine rings is 1. The number of hydrogen-bond donors (Lipinski definition) is 1. The molecule has 1 amide bonds. The molecule has 0 saturated carbocycles. The highest BCUT2D eigenvalue weighted by atomic mass is 32.2. The van der Waals surface area contributed by atoms with Crippen molar-refractivity contribution in [3.05, 3.63) is 54.2 Å². The van der Waals surface area contributed by atoms with Gasteiger partial charge in [0.25, 0.3) is 0 Å². The predicted molar refractivity (Wildman–Crippen MR) is 88.1 cm³/mol. The number of aromatic nitrogens is 3. The van der Waals surface area contributed by atoms with Crippen LogP contribution < -0.4 is 5.32 Å². The summed E-state index contributed by atoms with van der Waals surface area (Å²) in [5, 5.41) is 11.6. The summed E-state index contributed by atoms with van der Waals surface area (Å²) in [6, 6.07) is 13.4. The fourth-order valence-electron chi connectivity index (χ4n) is 1.99. The molecule has 1 aromatic carbocycles. The molecule has 1 atom stereocenters. The lowest BCUT2D eigenvalue weighted by Gasteiger charge is -2.11. The molecule has 6 heteroatoms. The van der Waals surface area contributed by atoms with Crippen LogP contribution in [0.5, 0.6) is 0 Å². The number of carbonyl (C=O) groups is 1. The highest BCUT2D eigenvalue weighted by Gasteiger charge is 2.17. The molecule has 0 saturated heterocycles. The van der Waals surface area contributed by atoms with Gasteiger partial charge < -0.3 is 5.32 Å². The van der Waals surface area contributed by atoms with Crippen molar-refractivity contribution in [2.45, 2.75) is 24.3 Å². The van der Waals surface area contributed by atoms with E-state index >= 15 is 0 Å². The molecule has 0 bridgehead atoms. The van der Waals surface area contributed by atoms with Gasteiger partial charge in [-0.2, -0.15) is 0 Å². The van der Waals surface area contributed by atoms with Gasteiger partial charge in [-0.3, -0.25) is 9.20 Å². The molecule has 1 N–H and O–H groups in total. The Hall–Kier alpha value is -2.34. The Bertz CT molecular complexity index is 797. The highest BCUT2D eigenvalue weighted by Crippen LogP contribution is 2.23. The van der Waals surface area contributed by atoms with E-state index in [1.807, 2.05) is 66.9 Å². The Kier molecular flexibility index (Phi) is 4.11. The third-order valence-corrected chi connectivity index (χ3v) is 4.31. The zero-order chi connectivity index (χ0) is 15.5. The number of thioether (sulfide) groups is 1. The number of benzene rings is 1. The maximum absolute atomic E-state index is 12.3. The normalized spacial score (nSPS) is 12.3. The Morgan fingerprint density at radius 2 is 1.95 bits per heavy atom. The quantitative estimate of drug-likeness (QED) is 0.752. The molecular formula is C16H16N4OS. The average molecular weight is 312 g/mol. The van der Waals surface area contributed by atoms with Gasteiger partial charge in [-0.05, 0) is 38.1 Å². The molecule has 112 valence electrons. The minimum Gasteiger partial charge on any atom is -0.325 e. The fourth-order valence-corrected chi connectivity index (χ4v) is 2.83. The van der Waals surface area contributed by atoms with E-state index in [4.69, 9.17) is 0 Å². The maximum Gasteiger partial charge on any atom is 0.237 e. The lowest BCUT2D eigenvalue weighted by atomic mass is 10.2. The molecule has 0 spiro atoms. The van der Waals surface area contributed by atoms with Gasteiger partial charge in [-0.25, -0.2) is 0 Å². The van der Waals surface area contributed by atoms with E-state index in [-0.39, 0.29) is 11.2 Å². The molecule has 3 rings (SSSR count). The van der Waals surface area contributed by atoms with Crippen LogP contribution >= 0.6 is 11.8 Å². The molecule has 0 radical (unpaired) electrons. The summed E-state index contributed by atoms with van der Waals surface area (Å²) in [5.41, 5.74) is 2.74. The van der Waals surface area contributed by atoms with Crippen molar-refractivity contribution < 1.29 is 4.79 Å². The standard InChI is InChI=1S/C16H16N4OS/c1-11-6-8-13(9-7-11)17-15(21)12(2)22-16-19-18-14-5-3-4-10-20(14)16/h3-10,12H,1-2H3,(H,17,21)/t12-/m0/s1. The Balaban J connectivity index is 1.69. The highest BCUT2D eigenvalue weighted by molar-refractivity contribution is 8.00. The molecule has 0 aliphatic rings. The fraction of sp³-hybridized carbons (Fsp3) is 0.188. The monoisotopic (exact) mass is 312 g/mol. The average Bonchev–Trinajstić information content (AvgIpc) is 2.93. The largest absolute Gasteiger partial charge is 0.325 e. The molecule has 5 nitrogen and oxygen atoms in total. The van der Waals surface area contributed by atoms with Gasteiger partial charge in [0.2, 0.25) is 5.91 Å². The van der Waals surface area contributed by atoms with Crippen molar-refractivity contribution in [2.75, 3.05) is 5.32 Å². The SMILES string of the molecule is Cc1ccc(NC(=O)[C@H](C)Sc2nnc3ccccn23)cc1. The maximum atomic E-state index is 12.3. The van der Waals surface area contributed by atoms with Crippen molar-refractivity contribution in [3.63, 3.8) is 0 Å². The van der Waals surface area contributed by atoms with Crippen molar-refractivity contribution in [1.29, 1.82) is 0 Å². The number of fused-ring (bicyclic) bond motifs is 1. The first-order valence-corrected chi connectivity index (χ1v) is 7.85. The van der Waals surface area contributed by atoms with E-state index in [1.165, 1.54) is 11.8 Å². The second-order valence-electron chi connectivity index (χ2n) is 5.03. The molecule has 2 aromatic heterocycles. The first-order chi connectivity index (χ1) is 10.6. The third kappa shape index (κ3) is 3.12. The van der Waals surface area contributed by atoms with E-state index < -0.39 is 0 Å². The van der Waals surface area contributed by atoms with Crippen LogP contribution in [0.1, 0.15) is 12.5 Å². The third-order valence-electron chi connectivity index (χ3n) is 3.25. The van der Waals surface area contributed by atoms with Crippen molar-refractivity contribution >= 4 is 29.0 Å². The molecule has 22 heavy (non-hydrogen) atoms. The topological polar surface area (TPSA) is 59.3 Å². The molecule has 2 heterocycles. The summed E-state index contributed by atoms with van der Waals surface area (Å²) >= 11 is 1.39. The summed E-state index contributed by atoms with van der Waals surface area (Å²) < 4.78 is 1.88. The van der Waals surface area contributed by atoms with Crippen LogP contribution in [-0.4, -0.2) is 25.8 Å². The summed E-state index contributed by atoms with van der Waals surface area (Å²) in [6.07, 6.45) is 1.89. The molecule has 0 aliphatic carbocycles. The first kappa shape index (κ1) is 14.6. The minimum atomic E-state index is -0.270. The van der Waals surface area contributed by atoms with Crippen molar-refractivity contribution in [2.24, 2.45) is 0 Å². The number of nitrogens with one attached hydrogen (secondary N) is 1.